The first-order valence-corrected chi connectivity index (χ1v) is 6.24. The summed E-state index contributed by atoms with van der Waals surface area (Å²) in [6.07, 6.45) is -3.49. The minimum atomic E-state index is -4.50. The van der Waals surface area contributed by atoms with E-state index in [9.17, 15) is 23.3 Å². The lowest BCUT2D eigenvalue weighted by Gasteiger charge is -2.28. The van der Waals surface area contributed by atoms with Gasteiger partial charge in [0.15, 0.2) is 0 Å². The zero-order valence-electron chi connectivity index (χ0n) is 11.8. The number of nitrogens with zero attached hydrogens (tertiary/aromatic N) is 4. The van der Waals surface area contributed by atoms with Crippen LogP contribution in [0.4, 0.5) is 30.5 Å². The number of aromatic nitrogens is 2. The fourth-order valence-electron chi connectivity index (χ4n) is 1.74. The molecule has 0 saturated carbocycles. The van der Waals surface area contributed by atoms with E-state index in [1.54, 1.807) is 6.92 Å². The summed E-state index contributed by atoms with van der Waals surface area (Å²) in [7, 11) is 0. The molecule has 1 aromatic rings. The molecule has 0 aliphatic rings. The summed E-state index contributed by atoms with van der Waals surface area (Å²) in [6, 6.07) is -0.616. The Morgan fingerprint density at radius 1 is 1.43 bits per heavy atom. The Labute approximate surface area is 119 Å². The van der Waals surface area contributed by atoms with E-state index in [1.165, 1.54) is 13.8 Å². The van der Waals surface area contributed by atoms with E-state index in [-0.39, 0.29) is 11.6 Å². The Balaban J connectivity index is 3.37. The molecule has 0 atom stereocenters. The van der Waals surface area contributed by atoms with Gasteiger partial charge in [-0.15, -0.1) is 0 Å². The molecule has 0 unspecified atom stereocenters. The van der Waals surface area contributed by atoms with Gasteiger partial charge in [-0.25, -0.2) is 9.97 Å². The molecule has 1 rings (SSSR count). The van der Waals surface area contributed by atoms with Crippen molar-refractivity contribution in [2.24, 2.45) is 0 Å². The lowest BCUT2D eigenvalue weighted by atomic mass is 10.2. The first kappa shape index (κ1) is 16.9. The molecule has 1 heterocycles. The van der Waals surface area contributed by atoms with Crippen LogP contribution in [-0.2, 0) is 0 Å². The van der Waals surface area contributed by atoms with Gasteiger partial charge in [-0.05, 0) is 20.8 Å². The Hall–Kier alpha value is -2.13. The van der Waals surface area contributed by atoms with E-state index in [0.29, 0.717) is 6.54 Å². The van der Waals surface area contributed by atoms with Gasteiger partial charge in [0.1, 0.15) is 12.9 Å². The molecule has 0 fully saturated rings. The third-order valence-corrected chi connectivity index (χ3v) is 2.57. The minimum Gasteiger partial charge on any atom is -0.364 e. The molecule has 21 heavy (non-hydrogen) atoms. The average molecular weight is 307 g/mol. The second-order valence-corrected chi connectivity index (χ2v) is 4.52. The monoisotopic (exact) mass is 307 g/mol. The third kappa shape index (κ3) is 4.43. The Morgan fingerprint density at radius 3 is 2.48 bits per heavy atom. The fraction of sp³-hybridized carbons (Fsp3) is 0.636. The van der Waals surface area contributed by atoms with Crippen molar-refractivity contribution in [1.82, 2.24) is 9.97 Å². The van der Waals surface area contributed by atoms with E-state index in [0.717, 1.165) is 11.2 Å². The molecule has 7 nitrogen and oxygen atoms in total. The van der Waals surface area contributed by atoms with E-state index < -0.39 is 29.4 Å². The van der Waals surface area contributed by atoms with Crippen LogP contribution in [0, 0.1) is 10.1 Å². The van der Waals surface area contributed by atoms with Crippen molar-refractivity contribution in [2.75, 3.05) is 23.3 Å². The van der Waals surface area contributed by atoms with Crippen molar-refractivity contribution < 1.29 is 18.1 Å². The van der Waals surface area contributed by atoms with Crippen molar-refractivity contribution in [3.63, 3.8) is 0 Å². The van der Waals surface area contributed by atoms with Crippen LogP contribution < -0.4 is 10.2 Å². The van der Waals surface area contributed by atoms with Gasteiger partial charge in [-0.3, -0.25) is 10.1 Å². The Morgan fingerprint density at radius 2 is 2.05 bits per heavy atom. The summed E-state index contributed by atoms with van der Waals surface area (Å²) >= 11 is 0. The molecule has 0 radical (unpaired) electrons. The van der Waals surface area contributed by atoms with Crippen LogP contribution in [-0.4, -0.2) is 40.2 Å². The van der Waals surface area contributed by atoms with Crippen molar-refractivity contribution in [3.8, 4) is 0 Å². The predicted octanol–water partition coefficient (Wildman–Crippen LogP) is 2.59. The lowest BCUT2D eigenvalue weighted by Crippen LogP contribution is -2.40. The van der Waals surface area contributed by atoms with Crippen molar-refractivity contribution in [1.29, 1.82) is 0 Å². The normalized spacial score (nSPS) is 11.6. The van der Waals surface area contributed by atoms with Crippen molar-refractivity contribution in [3.05, 3.63) is 16.4 Å². The zero-order chi connectivity index (χ0) is 16.2. The number of halogens is 3. The van der Waals surface area contributed by atoms with Gasteiger partial charge < -0.3 is 10.2 Å². The molecule has 10 heteroatoms. The second-order valence-electron chi connectivity index (χ2n) is 4.52. The molecule has 0 aliphatic heterocycles. The molecule has 1 N–H and O–H groups in total. The third-order valence-electron chi connectivity index (χ3n) is 2.57. The van der Waals surface area contributed by atoms with Gasteiger partial charge in [0.2, 0.25) is 11.6 Å². The number of hydrogen-bond donors (Lipinski definition) is 1. The summed E-state index contributed by atoms with van der Waals surface area (Å²) in [4.78, 5) is 18.6. The van der Waals surface area contributed by atoms with Crippen LogP contribution in [0.5, 0.6) is 0 Å². The first-order valence-electron chi connectivity index (χ1n) is 6.24. The first-order chi connectivity index (χ1) is 9.67. The summed E-state index contributed by atoms with van der Waals surface area (Å²) < 4.78 is 38.0. The number of nitrogens with one attached hydrogen (secondary N) is 1. The molecule has 1 aromatic heterocycles. The van der Waals surface area contributed by atoms with Crippen LogP contribution >= 0.6 is 0 Å². The minimum absolute atomic E-state index is 0.0969. The molecule has 0 bridgehead atoms. The molecule has 0 aromatic carbocycles. The highest BCUT2D eigenvalue weighted by molar-refractivity contribution is 5.70. The second kappa shape index (κ2) is 6.55. The molecule has 0 spiro atoms. The number of anilines is 2. The summed E-state index contributed by atoms with van der Waals surface area (Å²) in [6.45, 7) is 3.72. The molecule has 0 saturated heterocycles. The molecule has 0 aliphatic carbocycles. The van der Waals surface area contributed by atoms with Crippen LogP contribution in [0.2, 0.25) is 0 Å². The molecule has 118 valence electrons. The predicted molar refractivity (Wildman–Crippen MR) is 71.4 cm³/mol. The number of hydrogen-bond acceptors (Lipinski definition) is 6. The average Bonchev–Trinajstić information content (AvgIpc) is 2.34. The van der Waals surface area contributed by atoms with E-state index in [4.69, 9.17) is 0 Å². The Bertz CT molecular complexity index is 507. The quantitative estimate of drug-likeness (QED) is 0.642. The standard InChI is InChI=1S/C11H16F3N5O2/c1-4-15-9-8(19(20)21)10(17-6-16-9)18(7(2)3)5-11(12,13)14/h6-7H,4-5H2,1-3H3,(H,15,16,17). The van der Waals surface area contributed by atoms with Crippen LogP contribution in [0.1, 0.15) is 20.8 Å². The Kier molecular flexibility index (Phi) is 5.28. The van der Waals surface area contributed by atoms with Gasteiger partial charge >= 0.3 is 11.9 Å². The highest BCUT2D eigenvalue weighted by Gasteiger charge is 2.36. The van der Waals surface area contributed by atoms with Crippen LogP contribution in [0.15, 0.2) is 6.33 Å². The number of nitro groups is 1. The molecular weight excluding hydrogens is 291 g/mol. The van der Waals surface area contributed by atoms with Gasteiger partial charge in [0.25, 0.3) is 0 Å². The SMILES string of the molecule is CCNc1ncnc(N(CC(F)(F)F)C(C)C)c1[N+](=O)[O-]. The van der Waals surface area contributed by atoms with Crippen molar-refractivity contribution >= 4 is 17.3 Å². The maximum atomic E-state index is 12.7. The topological polar surface area (TPSA) is 84.2 Å². The largest absolute Gasteiger partial charge is 0.405 e. The van der Waals surface area contributed by atoms with Gasteiger partial charge in [-0.2, -0.15) is 13.2 Å². The van der Waals surface area contributed by atoms with Crippen molar-refractivity contribution in [2.45, 2.75) is 33.0 Å². The highest BCUT2D eigenvalue weighted by Crippen LogP contribution is 2.34. The zero-order valence-corrected chi connectivity index (χ0v) is 11.8. The van der Waals surface area contributed by atoms with E-state index in [2.05, 4.69) is 15.3 Å². The number of alkyl halides is 3. The summed E-state index contributed by atoms with van der Waals surface area (Å²) in [5.74, 6) is -0.446. The molecular formula is C11H16F3N5O2. The smallest absolute Gasteiger partial charge is 0.364 e. The molecule has 0 amide bonds. The van der Waals surface area contributed by atoms with E-state index >= 15 is 0 Å². The van der Waals surface area contributed by atoms with Gasteiger partial charge in [0, 0.05) is 12.6 Å². The fourth-order valence-corrected chi connectivity index (χ4v) is 1.74. The van der Waals surface area contributed by atoms with Gasteiger partial charge in [0.05, 0.1) is 4.92 Å². The summed E-state index contributed by atoms with van der Waals surface area (Å²) in [5, 5.41) is 13.8. The number of rotatable bonds is 6. The maximum Gasteiger partial charge on any atom is 0.405 e. The van der Waals surface area contributed by atoms with Crippen LogP contribution in [0.3, 0.4) is 0 Å². The highest BCUT2D eigenvalue weighted by atomic mass is 19.4. The maximum absolute atomic E-state index is 12.7. The van der Waals surface area contributed by atoms with Crippen LogP contribution in [0.25, 0.3) is 0 Å². The van der Waals surface area contributed by atoms with Gasteiger partial charge in [-0.1, -0.05) is 0 Å². The van der Waals surface area contributed by atoms with E-state index in [1.807, 2.05) is 0 Å². The summed E-state index contributed by atoms with van der Waals surface area (Å²) in [5.41, 5.74) is -0.558. The lowest BCUT2D eigenvalue weighted by molar-refractivity contribution is -0.383.